The van der Waals surface area contributed by atoms with Gasteiger partial charge in [-0.05, 0) is 42.5 Å². The molecule has 2 aromatic heterocycles. The van der Waals surface area contributed by atoms with Crippen molar-refractivity contribution in [1.82, 2.24) is 4.98 Å². The first kappa shape index (κ1) is 17.9. The van der Waals surface area contributed by atoms with E-state index in [1.807, 2.05) is 29.6 Å². The highest BCUT2D eigenvalue weighted by Gasteiger charge is 2.13. The Labute approximate surface area is 164 Å². The summed E-state index contributed by atoms with van der Waals surface area (Å²) in [6.07, 6.45) is 0. The van der Waals surface area contributed by atoms with Gasteiger partial charge in [0.1, 0.15) is 22.1 Å². The maximum atomic E-state index is 12.5. The second-order valence-corrected chi connectivity index (χ2v) is 6.87. The minimum atomic E-state index is -0.501. The van der Waals surface area contributed by atoms with Crippen LogP contribution < -0.4 is 15.1 Å². The molecule has 0 aliphatic heterocycles. The fraction of sp³-hybridized carbons (Fsp3) is 0.0952. The summed E-state index contributed by atoms with van der Waals surface area (Å²) >= 11 is 1.44. The molecule has 2 heterocycles. The molecule has 0 bridgehead atoms. The van der Waals surface area contributed by atoms with E-state index in [1.54, 1.807) is 25.3 Å². The molecule has 0 unspecified atom stereocenters. The Morgan fingerprint density at radius 1 is 1.07 bits per heavy atom. The zero-order valence-electron chi connectivity index (χ0n) is 15.1. The van der Waals surface area contributed by atoms with Gasteiger partial charge in [0.15, 0.2) is 0 Å². The molecule has 0 N–H and O–H groups in total. The third-order valence-electron chi connectivity index (χ3n) is 4.09. The smallest absolute Gasteiger partial charge is 0.345 e. The highest BCUT2D eigenvalue weighted by Crippen LogP contribution is 2.30. The van der Waals surface area contributed by atoms with Gasteiger partial charge in [-0.25, -0.2) is 9.78 Å². The van der Waals surface area contributed by atoms with Crippen LogP contribution in [-0.2, 0) is 4.79 Å². The van der Waals surface area contributed by atoms with Gasteiger partial charge in [0, 0.05) is 29.3 Å². The first-order valence-corrected chi connectivity index (χ1v) is 9.28. The summed E-state index contributed by atoms with van der Waals surface area (Å²) in [5, 5.41) is 3.33. The number of benzene rings is 2. The fourth-order valence-electron chi connectivity index (χ4n) is 2.76. The van der Waals surface area contributed by atoms with Crippen LogP contribution in [0, 0.1) is 0 Å². The van der Waals surface area contributed by atoms with Gasteiger partial charge >= 0.3 is 11.6 Å². The van der Waals surface area contributed by atoms with Crippen molar-refractivity contribution >= 4 is 28.3 Å². The van der Waals surface area contributed by atoms with E-state index >= 15 is 0 Å². The molecule has 140 valence electrons. The van der Waals surface area contributed by atoms with Crippen LogP contribution in [0.3, 0.4) is 0 Å². The predicted molar refractivity (Wildman–Crippen MR) is 107 cm³/mol. The molecular formula is C21H15NO5S. The van der Waals surface area contributed by atoms with Crippen molar-refractivity contribution in [3.05, 3.63) is 64.3 Å². The lowest BCUT2D eigenvalue weighted by molar-refractivity contribution is -0.131. The van der Waals surface area contributed by atoms with E-state index in [0.29, 0.717) is 28.0 Å². The number of ether oxygens (including phenoxy) is 2. The Morgan fingerprint density at radius 2 is 1.82 bits per heavy atom. The van der Waals surface area contributed by atoms with E-state index in [9.17, 15) is 9.59 Å². The summed E-state index contributed by atoms with van der Waals surface area (Å²) in [6, 6.07) is 14.2. The van der Waals surface area contributed by atoms with E-state index in [2.05, 4.69) is 4.98 Å². The zero-order valence-corrected chi connectivity index (χ0v) is 15.9. The third-order valence-corrected chi connectivity index (χ3v) is 4.98. The average Bonchev–Trinajstić information content (AvgIpc) is 3.17. The van der Waals surface area contributed by atoms with Crippen LogP contribution in [0.1, 0.15) is 6.92 Å². The molecule has 0 fully saturated rings. The Morgan fingerprint density at radius 3 is 2.54 bits per heavy atom. The van der Waals surface area contributed by atoms with Crippen LogP contribution in [0.25, 0.3) is 32.8 Å². The van der Waals surface area contributed by atoms with E-state index in [1.165, 1.54) is 24.3 Å². The molecule has 2 aromatic carbocycles. The van der Waals surface area contributed by atoms with Gasteiger partial charge in [0.05, 0.1) is 18.4 Å². The van der Waals surface area contributed by atoms with E-state index < -0.39 is 11.6 Å². The highest BCUT2D eigenvalue weighted by atomic mass is 32.1. The van der Waals surface area contributed by atoms with Gasteiger partial charge in [0.2, 0.25) is 0 Å². The number of carbonyl (C=O) groups excluding carboxylic acids is 1. The second kappa shape index (κ2) is 7.28. The predicted octanol–water partition coefficient (Wildman–Crippen LogP) is 4.52. The van der Waals surface area contributed by atoms with E-state index in [0.717, 1.165) is 16.3 Å². The number of esters is 1. The molecule has 0 atom stereocenters. The summed E-state index contributed by atoms with van der Waals surface area (Å²) in [4.78, 5) is 28.1. The number of nitrogens with zero attached hydrogens (tertiary/aromatic N) is 1. The van der Waals surface area contributed by atoms with Gasteiger partial charge in [0.25, 0.3) is 0 Å². The van der Waals surface area contributed by atoms with E-state index in [-0.39, 0.29) is 0 Å². The van der Waals surface area contributed by atoms with Crippen molar-refractivity contribution in [2.24, 2.45) is 0 Å². The molecule has 0 aliphatic rings. The lowest BCUT2D eigenvalue weighted by Gasteiger charge is -2.03. The van der Waals surface area contributed by atoms with Crippen molar-refractivity contribution in [2.75, 3.05) is 7.11 Å². The number of carbonyl (C=O) groups is 1. The number of hydrogen-bond acceptors (Lipinski definition) is 7. The average molecular weight is 393 g/mol. The molecule has 0 aliphatic carbocycles. The van der Waals surface area contributed by atoms with Crippen LogP contribution in [0.4, 0.5) is 0 Å². The van der Waals surface area contributed by atoms with Crippen LogP contribution in [0.5, 0.6) is 11.5 Å². The van der Waals surface area contributed by atoms with Crippen LogP contribution in [0.15, 0.2) is 63.1 Å². The molecule has 0 saturated carbocycles. The number of aromatic nitrogens is 1. The molecule has 0 radical (unpaired) electrons. The summed E-state index contributed by atoms with van der Waals surface area (Å²) in [5.41, 5.74) is 1.71. The molecule has 0 amide bonds. The minimum Gasteiger partial charge on any atom is -0.497 e. The first-order chi connectivity index (χ1) is 13.5. The molecule has 0 saturated heterocycles. The van der Waals surface area contributed by atoms with Crippen molar-refractivity contribution in [3.8, 4) is 33.3 Å². The Balaban J connectivity index is 1.70. The first-order valence-electron chi connectivity index (χ1n) is 8.40. The normalized spacial score (nSPS) is 10.8. The Hall–Kier alpha value is -3.45. The molecule has 7 heteroatoms. The second-order valence-electron chi connectivity index (χ2n) is 6.01. The van der Waals surface area contributed by atoms with Crippen LogP contribution in [-0.4, -0.2) is 18.1 Å². The fourth-order valence-corrected chi connectivity index (χ4v) is 3.59. The summed E-state index contributed by atoms with van der Waals surface area (Å²) < 4.78 is 15.6. The topological polar surface area (TPSA) is 78.6 Å². The number of hydrogen-bond donors (Lipinski definition) is 0. The van der Waals surface area contributed by atoms with E-state index in [4.69, 9.17) is 13.9 Å². The number of rotatable bonds is 4. The van der Waals surface area contributed by atoms with Crippen LogP contribution >= 0.6 is 11.3 Å². The lowest BCUT2D eigenvalue weighted by atomic mass is 10.1. The largest absolute Gasteiger partial charge is 0.497 e. The Kier molecular flexibility index (Phi) is 4.67. The quantitative estimate of drug-likeness (QED) is 0.288. The number of fused-ring (bicyclic) bond motifs is 1. The maximum Gasteiger partial charge on any atom is 0.345 e. The summed E-state index contributed by atoms with van der Waals surface area (Å²) in [5.74, 6) is 0.655. The third kappa shape index (κ3) is 3.52. The van der Waals surface area contributed by atoms with Gasteiger partial charge < -0.3 is 13.9 Å². The molecule has 28 heavy (non-hydrogen) atoms. The zero-order chi connectivity index (χ0) is 19.7. The van der Waals surface area contributed by atoms with Gasteiger partial charge in [-0.3, -0.25) is 4.79 Å². The Bertz CT molecular complexity index is 1220. The molecule has 6 nitrogen and oxygen atoms in total. The van der Waals surface area contributed by atoms with Gasteiger partial charge in [-0.2, -0.15) is 0 Å². The summed E-state index contributed by atoms with van der Waals surface area (Å²) in [6.45, 7) is 1.31. The molecule has 4 aromatic rings. The highest BCUT2D eigenvalue weighted by molar-refractivity contribution is 7.13. The number of methoxy groups -OCH3 is 1. The molecule has 4 rings (SSSR count). The SMILES string of the molecule is COc1ccc(-c2nc(-c3cc4ccc(OC(C)=O)cc4oc3=O)cs2)cc1. The van der Waals surface area contributed by atoms with Crippen LogP contribution in [0.2, 0.25) is 0 Å². The van der Waals surface area contributed by atoms with Crippen molar-refractivity contribution in [2.45, 2.75) is 6.92 Å². The molecule has 0 spiro atoms. The monoisotopic (exact) mass is 393 g/mol. The van der Waals surface area contributed by atoms with Crippen molar-refractivity contribution in [3.63, 3.8) is 0 Å². The number of thiazole rings is 1. The van der Waals surface area contributed by atoms with Gasteiger partial charge in [-0.15, -0.1) is 11.3 Å². The van der Waals surface area contributed by atoms with Gasteiger partial charge in [-0.1, -0.05) is 0 Å². The van der Waals surface area contributed by atoms with Crippen molar-refractivity contribution in [1.29, 1.82) is 0 Å². The lowest BCUT2D eigenvalue weighted by Crippen LogP contribution is -2.04. The maximum absolute atomic E-state index is 12.5. The standard InChI is InChI=1S/C21H15NO5S/c1-12(23)26-16-8-5-14-9-17(21(24)27-19(14)10-16)18-11-28-20(22-18)13-3-6-15(25-2)7-4-13/h3-11H,1-2H3. The van der Waals surface area contributed by atoms with Crippen molar-refractivity contribution < 1.29 is 18.7 Å². The molecular weight excluding hydrogens is 378 g/mol. The minimum absolute atomic E-state index is 0.325. The summed E-state index contributed by atoms with van der Waals surface area (Å²) in [7, 11) is 1.62.